The van der Waals surface area contributed by atoms with E-state index in [9.17, 15) is 9.59 Å². The van der Waals surface area contributed by atoms with Crippen molar-refractivity contribution in [2.75, 3.05) is 6.54 Å². The summed E-state index contributed by atoms with van der Waals surface area (Å²) in [7, 11) is 0. The number of hydrogen-bond acceptors (Lipinski definition) is 8. The van der Waals surface area contributed by atoms with Gasteiger partial charge in [-0.05, 0) is 50.5 Å². The van der Waals surface area contributed by atoms with Crippen LogP contribution < -0.4 is 5.32 Å². The van der Waals surface area contributed by atoms with Crippen molar-refractivity contribution in [2.45, 2.75) is 71.6 Å². The third-order valence-corrected chi connectivity index (χ3v) is 6.63. The highest BCUT2D eigenvalue weighted by Gasteiger charge is 2.31. The topological polar surface area (TPSA) is 128 Å². The van der Waals surface area contributed by atoms with Crippen molar-refractivity contribution in [3.05, 3.63) is 64.7 Å². The zero-order valence-electron chi connectivity index (χ0n) is 23.4. The summed E-state index contributed by atoms with van der Waals surface area (Å²) < 4.78 is 12.6. The summed E-state index contributed by atoms with van der Waals surface area (Å²) in [6, 6.07) is 7.27. The first-order valence-electron chi connectivity index (χ1n) is 13.0. The fourth-order valence-corrected chi connectivity index (χ4v) is 4.72. The number of nitrogens with zero attached hydrogens (tertiary/aromatic N) is 6. The van der Waals surface area contributed by atoms with Crippen molar-refractivity contribution < 1.29 is 18.8 Å². The lowest BCUT2D eigenvalue weighted by Crippen LogP contribution is -2.37. The van der Waals surface area contributed by atoms with Gasteiger partial charge in [0.2, 0.25) is 0 Å². The normalized spacial score (nSPS) is 16.0. The number of hydrogen-bond donors (Lipinski definition) is 1. The molecule has 0 bridgehead atoms. The molecular weight excluding hydrogens is 534 g/mol. The van der Waals surface area contributed by atoms with Crippen LogP contribution in [0.25, 0.3) is 16.8 Å². The lowest BCUT2D eigenvalue weighted by molar-refractivity contribution is 0.0234. The van der Waals surface area contributed by atoms with E-state index in [4.69, 9.17) is 20.9 Å². The van der Waals surface area contributed by atoms with E-state index < -0.39 is 23.6 Å². The van der Waals surface area contributed by atoms with Crippen LogP contribution in [-0.2, 0) is 16.7 Å². The fraction of sp³-hybridized carbons (Fsp3) is 0.429. The van der Waals surface area contributed by atoms with Crippen molar-refractivity contribution in [3.63, 3.8) is 0 Å². The molecule has 0 aliphatic carbocycles. The molecule has 3 aromatic heterocycles. The number of fused-ring (bicyclic) bond motifs is 2. The highest BCUT2D eigenvalue weighted by Crippen LogP contribution is 2.33. The minimum absolute atomic E-state index is 0.109. The van der Waals surface area contributed by atoms with Crippen molar-refractivity contribution in [2.24, 2.45) is 0 Å². The minimum Gasteiger partial charge on any atom is -0.444 e. The Morgan fingerprint density at radius 3 is 2.60 bits per heavy atom. The van der Waals surface area contributed by atoms with Crippen molar-refractivity contribution >= 4 is 29.1 Å². The number of carbonyl (C=O) groups is 2. The standard InChI is InChI=1S/C28H32ClN7O4/c1-27(2,3)25-33-24(40-34-25)23(37)31-19-10-12-35(26(38)39-28(4,5)6)14-17-13-16(7-8-18(17)19)22-20-9-11-30-36(20)15-21(29)32-22/h7-9,11,13,15,19H,10,12,14H2,1-6H3,(H,31,37)/t19-/m1/s1. The van der Waals surface area contributed by atoms with Crippen LogP contribution >= 0.6 is 11.6 Å². The number of amides is 2. The van der Waals surface area contributed by atoms with Crippen molar-refractivity contribution in [1.29, 1.82) is 0 Å². The van der Waals surface area contributed by atoms with E-state index in [1.165, 1.54) is 0 Å². The summed E-state index contributed by atoms with van der Waals surface area (Å²) in [6.45, 7) is 12.0. The molecule has 40 heavy (non-hydrogen) atoms. The Hall–Kier alpha value is -3.99. The predicted octanol–water partition coefficient (Wildman–Crippen LogP) is 5.34. The second-order valence-corrected chi connectivity index (χ2v) is 12.3. The van der Waals surface area contributed by atoms with Gasteiger partial charge in [-0.25, -0.2) is 14.3 Å². The predicted molar refractivity (Wildman–Crippen MR) is 148 cm³/mol. The molecule has 1 aliphatic rings. The largest absolute Gasteiger partial charge is 0.444 e. The molecule has 1 aliphatic heterocycles. The van der Waals surface area contributed by atoms with Crippen LogP contribution in [0.1, 0.15) is 81.6 Å². The Morgan fingerprint density at radius 1 is 1.12 bits per heavy atom. The summed E-state index contributed by atoms with van der Waals surface area (Å²) in [5, 5.41) is 11.6. The molecule has 2 amide bonds. The highest BCUT2D eigenvalue weighted by atomic mass is 35.5. The summed E-state index contributed by atoms with van der Waals surface area (Å²) in [5.74, 6) is -0.145. The average molecular weight is 566 g/mol. The molecule has 1 atom stereocenters. The summed E-state index contributed by atoms with van der Waals surface area (Å²) >= 11 is 6.29. The molecule has 0 fully saturated rings. The van der Waals surface area contributed by atoms with Crippen LogP contribution in [0.3, 0.4) is 0 Å². The van der Waals surface area contributed by atoms with Gasteiger partial charge in [0.05, 0.1) is 29.6 Å². The van der Waals surface area contributed by atoms with Crippen LogP contribution in [0.2, 0.25) is 5.15 Å². The molecule has 11 nitrogen and oxygen atoms in total. The van der Waals surface area contributed by atoms with E-state index in [-0.39, 0.29) is 17.9 Å². The second-order valence-electron chi connectivity index (χ2n) is 11.9. The number of benzene rings is 1. The average Bonchev–Trinajstić information content (AvgIpc) is 3.50. The molecule has 5 rings (SSSR count). The Balaban J connectivity index is 1.51. The number of rotatable bonds is 3. The van der Waals surface area contributed by atoms with Gasteiger partial charge in [0.15, 0.2) is 5.82 Å². The Morgan fingerprint density at radius 2 is 1.90 bits per heavy atom. The Labute approximate surface area is 236 Å². The van der Waals surface area contributed by atoms with Gasteiger partial charge in [0.25, 0.3) is 0 Å². The molecule has 12 heteroatoms. The molecule has 0 unspecified atom stereocenters. The SMILES string of the molecule is CC(C)(C)OC(=O)N1CC[C@@H](NC(=O)c2nc(C(C)(C)C)no2)c2ccc(-c3nc(Cl)cn4nccc34)cc2C1. The number of nitrogens with one attached hydrogen (secondary N) is 1. The minimum atomic E-state index is -0.650. The number of ether oxygens (including phenoxy) is 1. The molecule has 0 spiro atoms. The smallest absolute Gasteiger partial charge is 0.410 e. The van der Waals surface area contributed by atoms with Gasteiger partial charge >= 0.3 is 17.9 Å². The molecule has 0 saturated heterocycles. The third-order valence-electron chi connectivity index (χ3n) is 6.45. The quantitative estimate of drug-likeness (QED) is 0.352. The van der Waals surface area contributed by atoms with E-state index in [2.05, 4.69) is 25.5 Å². The second kappa shape index (κ2) is 10.2. The molecule has 0 saturated carbocycles. The van der Waals surface area contributed by atoms with Crippen LogP contribution in [0.15, 0.2) is 41.2 Å². The Bertz CT molecular complexity index is 1580. The molecular formula is C28H32ClN7O4. The fourth-order valence-electron chi connectivity index (χ4n) is 4.54. The van der Waals surface area contributed by atoms with Crippen LogP contribution in [0, 0.1) is 0 Å². The first-order chi connectivity index (χ1) is 18.8. The zero-order valence-corrected chi connectivity index (χ0v) is 24.1. The number of halogens is 1. The van der Waals surface area contributed by atoms with Gasteiger partial charge in [-0.1, -0.05) is 49.7 Å². The van der Waals surface area contributed by atoms with E-state index in [0.29, 0.717) is 29.6 Å². The van der Waals surface area contributed by atoms with Crippen LogP contribution in [0.4, 0.5) is 4.79 Å². The zero-order chi connectivity index (χ0) is 28.8. The maximum atomic E-state index is 13.2. The lowest BCUT2D eigenvalue weighted by Gasteiger charge is -2.26. The molecule has 4 aromatic rings. The third kappa shape index (κ3) is 5.79. The monoisotopic (exact) mass is 565 g/mol. The van der Waals surface area contributed by atoms with Gasteiger partial charge in [-0.15, -0.1) is 0 Å². The molecule has 1 aromatic carbocycles. The van der Waals surface area contributed by atoms with Gasteiger partial charge < -0.3 is 19.5 Å². The first-order valence-corrected chi connectivity index (χ1v) is 13.4. The van der Waals surface area contributed by atoms with Crippen LogP contribution in [-0.4, -0.2) is 53.8 Å². The van der Waals surface area contributed by atoms with Crippen LogP contribution in [0.5, 0.6) is 0 Å². The number of aromatic nitrogens is 5. The van der Waals surface area contributed by atoms with Crippen molar-refractivity contribution in [1.82, 2.24) is 35.0 Å². The first kappa shape index (κ1) is 27.6. The summed E-state index contributed by atoms with van der Waals surface area (Å²) in [5.41, 5.74) is 2.94. The van der Waals surface area contributed by atoms with Gasteiger partial charge in [0.1, 0.15) is 10.8 Å². The lowest BCUT2D eigenvalue weighted by atomic mass is 9.95. The van der Waals surface area contributed by atoms with E-state index in [1.807, 2.05) is 65.8 Å². The molecule has 0 radical (unpaired) electrons. The van der Waals surface area contributed by atoms with E-state index in [0.717, 1.165) is 22.2 Å². The van der Waals surface area contributed by atoms with E-state index in [1.54, 1.807) is 21.8 Å². The highest BCUT2D eigenvalue weighted by molar-refractivity contribution is 6.29. The maximum Gasteiger partial charge on any atom is 0.410 e. The molecule has 210 valence electrons. The summed E-state index contributed by atoms with van der Waals surface area (Å²) in [4.78, 5) is 36.8. The number of carbonyl (C=O) groups excluding carboxylic acids is 2. The summed E-state index contributed by atoms with van der Waals surface area (Å²) in [6.07, 6.45) is 3.35. The maximum absolute atomic E-state index is 13.2. The Kier molecular flexibility index (Phi) is 7.03. The van der Waals surface area contributed by atoms with Gasteiger partial charge in [0, 0.05) is 24.1 Å². The molecule has 1 N–H and O–H groups in total. The van der Waals surface area contributed by atoms with Gasteiger partial charge in [-0.3, -0.25) is 4.79 Å². The van der Waals surface area contributed by atoms with Gasteiger partial charge in [-0.2, -0.15) is 10.1 Å². The van der Waals surface area contributed by atoms with Crippen molar-refractivity contribution in [3.8, 4) is 11.3 Å². The van der Waals surface area contributed by atoms with E-state index >= 15 is 0 Å². The molecule has 4 heterocycles.